The second-order valence-corrected chi connectivity index (χ2v) is 7.58. The van der Waals surface area contributed by atoms with Gasteiger partial charge in [-0.1, -0.05) is 34.5 Å². The summed E-state index contributed by atoms with van der Waals surface area (Å²) in [6, 6.07) is 15.1. The number of aromatic nitrogens is 3. The molecule has 0 saturated heterocycles. The van der Waals surface area contributed by atoms with Gasteiger partial charge in [0.1, 0.15) is 0 Å². The van der Waals surface area contributed by atoms with Crippen LogP contribution < -0.4 is 0 Å². The van der Waals surface area contributed by atoms with Gasteiger partial charge < -0.3 is 0 Å². The summed E-state index contributed by atoms with van der Waals surface area (Å²) in [6.07, 6.45) is 5.52. The summed E-state index contributed by atoms with van der Waals surface area (Å²) in [7, 11) is 2.02. The Kier molecular flexibility index (Phi) is 3.80. The van der Waals surface area contributed by atoms with Gasteiger partial charge in [0.15, 0.2) is 0 Å². The number of halogens is 1. The predicted octanol–water partition coefficient (Wildman–Crippen LogP) is 5.02. The molecule has 1 aliphatic carbocycles. The van der Waals surface area contributed by atoms with Crippen LogP contribution in [0.3, 0.4) is 0 Å². The summed E-state index contributed by atoms with van der Waals surface area (Å²) in [5.41, 5.74) is 5.88. The molecule has 1 saturated carbocycles. The molecule has 1 aliphatic rings. The van der Waals surface area contributed by atoms with E-state index in [0.717, 1.165) is 34.3 Å². The van der Waals surface area contributed by atoms with E-state index in [4.69, 9.17) is 5.10 Å². The number of hydrogen-bond acceptors (Lipinski definition) is 2. The largest absolute Gasteiger partial charge is 0.268 e. The molecule has 0 amide bonds. The predicted molar refractivity (Wildman–Crippen MR) is 99.9 cm³/mol. The Morgan fingerprint density at radius 1 is 1.08 bits per heavy atom. The molecule has 0 bridgehead atoms. The Labute approximate surface area is 150 Å². The first-order chi connectivity index (χ1) is 11.6. The number of benzene rings is 1. The number of rotatable bonds is 3. The zero-order valence-electron chi connectivity index (χ0n) is 14.0. The highest BCUT2D eigenvalue weighted by atomic mass is 79.9. The summed E-state index contributed by atoms with van der Waals surface area (Å²) in [4.78, 5) is 4.42. The van der Waals surface area contributed by atoms with Crippen LogP contribution in [0.15, 0.2) is 53.1 Å². The van der Waals surface area contributed by atoms with Crippen LogP contribution in [0, 0.1) is 6.92 Å². The SMILES string of the molecule is Cc1ccc(-c2cc(C3(c4ccc(Br)cc4)CCC3)nn2C)cn1. The maximum Gasteiger partial charge on any atom is 0.0736 e. The first-order valence-electron chi connectivity index (χ1n) is 8.32. The molecule has 2 aromatic heterocycles. The average molecular weight is 382 g/mol. The van der Waals surface area contributed by atoms with Crippen molar-refractivity contribution in [2.45, 2.75) is 31.6 Å². The van der Waals surface area contributed by atoms with Crippen LogP contribution in [0.2, 0.25) is 0 Å². The van der Waals surface area contributed by atoms with Crippen LogP contribution in [-0.2, 0) is 12.5 Å². The van der Waals surface area contributed by atoms with Crippen molar-refractivity contribution < 1.29 is 0 Å². The summed E-state index contributed by atoms with van der Waals surface area (Å²) < 4.78 is 3.11. The van der Waals surface area contributed by atoms with Gasteiger partial charge in [-0.25, -0.2) is 0 Å². The maximum absolute atomic E-state index is 4.88. The Balaban J connectivity index is 1.77. The van der Waals surface area contributed by atoms with Crippen LogP contribution in [0.4, 0.5) is 0 Å². The molecule has 122 valence electrons. The summed E-state index contributed by atoms with van der Waals surface area (Å²) in [6.45, 7) is 2.01. The van der Waals surface area contributed by atoms with Crippen molar-refractivity contribution in [3.05, 3.63) is 70.1 Å². The van der Waals surface area contributed by atoms with Gasteiger partial charge in [0.25, 0.3) is 0 Å². The van der Waals surface area contributed by atoms with E-state index in [2.05, 4.69) is 63.4 Å². The van der Waals surface area contributed by atoms with E-state index >= 15 is 0 Å². The van der Waals surface area contributed by atoms with Crippen LogP contribution in [0.25, 0.3) is 11.3 Å². The Bertz CT molecular complexity index is 859. The lowest BCUT2D eigenvalue weighted by molar-refractivity contribution is 0.291. The van der Waals surface area contributed by atoms with Crippen molar-refractivity contribution in [2.24, 2.45) is 7.05 Å². The summed E-state index contributed by atoms with van der Waals surface area (Å²) in [5, 5.41) is 4.88. The highest BCUT2D eigenvalue weighted by Crippen LogP contribution is 2.49. The Morgan fingerprint density at radius 2 is 1.83 bits per heavy atom. The van der Waals surface area contributed by atoms with Crippen LogP contribution in [0.1, 0.15) is 36.2 Å². The van der Waals surface area contributed by atoms with Gasteiger partial charge in [0.2, 0.25) is 0 Å². The third-order valence-corrected chi connectivity index (χ3v) is 5.71. The van der Waals surface area contributed by atoms with Gasteiger partial charge >= 0.3 is 0 Å². The van der Waals surface area contributed by atoms with Crippen molar-refractivity contribution in [1.82, 2.24) is 14.8 Å². The average Bonchev–Trinajstić information content (AvgIpc) is 2.91. The van der Waals surface area contributed by atoms with Crippen molar-refractivity contribution in [2.75, 3.05) is 0 Å². The van der Waals surface area contributed by atoms with Gasteiger partial charge in [-0.2, -0.15) is 5.10 Å². The van der Waals surface area contributed by atoms with Crippen molar-refractivity contribution in [1.29, 1.82) is 0 Å². The number of hydrogen-bond donors (Lipinski definition) is 0. The molecule has 3 nitrogen and oxygen atoms in total. The van der Waals surface area contributed by atoms with E-state index < -0.39 is 0 Å². The monoisotopic (exact) mass is 381 g/mol. The van der Waals surface area contributed by atoms with Crippen LogP contribution in [0.5, 0.6) is 0 Å². The molecule has 0 radical (unpaired) electrons. The zero-order valence-corrected chi connectivity index (χ0v) is 15.5. The van der Waals surface area contributed by atoms with Gasteiger partial charge in [0, 0.05) is 34.4 Å². The molecule has 24 heavy (non-hydrogen) atoms. The highest BCUT2D eigenvalue weighted by Gasteiger charge is 2.42. The van der Waals surface area contributed by atoms with Gasteiger partial charge in [0.05, 0.1) is 11.4 Å². The summed E-state index contributed by atoms with van der Waals surface area (Å²) >= 11 is 3.53. The van der Waals surface area contributed by atoms with Crippen molar-refractivity contribution in [3.8, 4) is 11.3 Å². The van der Waals surface area contributed by atoms with Crippen LogP contribution in [-0.4, -0.2) is 14.8 Å². The molecule has 1 fully saturated rings. The Hall–Kier alpha value is -1.94. The number of nitrogens with zero attached hydrogens (tertiary/aromatic N) is 3. The fourth-order valence-corrected chi connectivity index (χ4v) is 3.85. The van der Waals surface area contributed by atoms with Crippen molar-refractivity contribution >= 4 is 15.9 Å². The van der Waals surface area contributed by atoms with Crippen LogP contribution >= 0.6 is 15.9 Å². The smallest absolute Gasteiger partial charge is 0.0736 e. The second kappa shape index (κ2) is 5.85. The first kappa shape index (κ1) is 15.6. The highest BCUT2D eigenvalue weighted by molar-refractivity contribution is 9.10. The molecule has 0 atom stereocenters. The second-order valence-electron chi connectivity index (χ2n) is 6.67. The van der Waals surface area contributed by atoms with E-state index in [1.165, 1.54) is 17.7 Å². The Morgan fingerprint density at radius 3 is 2.42 bits per heavy atom. The summed E-state index contributed by atoms with van der Waals surface area (Å²) in [5.74, 6) is 0. The minimum atomic E-state index is 0.0643. The molecular formula is C20H20BrN3. The molecule has 3 aromatic rings. The van der Waals surface area contributed by atoms with Gasteiger partial charge in [-0.05, 0) is 55.7 Å². The molecule has 0 spiro atoms. The minimum Gasteiger partial charge on any atom is -0.268 e. The third kappa shape index (κ3) is 2.49. The minimum absolute atomic E-state index is 0.0643. The maximum atomic E-state index is 4.88. The molecule has 2 heterocycles. The third-order valence-electron chi connectivity index (χ3n) is 5.18. The standard InChI is InChI=1S/C20H20BrN3/c1-14-4-5-15(13-22-14)18-12-19(23-24(18)2)20(10-3-11-20)16-6-8-17(21)9-7-16/h4-9,12-13H,3,10-11H2,1-2H3. The van der Waals surface area contributed by atoms with E-state index in [0.29, 0.717) is 0 Å². The lowest BCUT2D eigenvalue weighted by Crippen LogP contribution is -2.36. The molecule has 0 aliphatic heterocycles. The fraction of sp³-hybridized carbons (Fsp3) is 0.300. The fourth-order valence-electron chi connectivity index (χ4n) is 3.58. The lowest BCUT2D eigenvalue weighted by Gasteiger charge is -2.41. The molecule has 4 heteroatoms. The van der Waals surface area contributed by atoms with E-state index in [9.17, 15) is 0 Å². The van der Waals surface area contributed by atoms with E-state index in [1.54, 1.807) is 0 Å². The molecule has 0 unspecified atom stereocenters. The molecule has 4 rings (SSSR count). The molecular weight excluding hydrogens is 362 g/mol. The van der Waals surface area contributed by atoms with Crippen molar-refractivity contribution in [3.63, 3.8) is 0 Å². The number of pyridine rings is 1. The van der Waals surface area contributed by atoms with E-state index in [-0.39, 0.29) is 5.41 Å². The molecule has 0 N–H and O–H groups in total. The lowest BCUT2D eigenvalue weighted by atomic mass is 9.62. The van der Waals surface area contributed by atoms with E-state index in [1.807, 2.05) is 24.9 Å². The topological polar surface area (TPSA) is 30.7 Å². The number of aryl methyl sites for hydroxylation is 2. The molecule has 1 aromatic carbocycles. The zero-order chi connectivity index (χ0) is 16.7. The normalized spacial score (nSPS) is 16.0. The van der Waals surface area contributed by atoms with Gasteiger partial charge in [-0.15, -0.1) is 0 Å². The quantitative estimate of drug-likeness (QED) is 0.637. The van der Waals surface area contributed by atoms with Gasteiger partial charge in [-0.3, -0.25) is 9.67 Å². The first-order valence-corrected chi connectivity index (χ1v) is 9.11.